The largest absolute Gasteiger partial charge is 0.342 e. The number of thiocarbonyl (C=S) groups is 1. The average molecular weight is 303 g/mol. The highest BCUT2D eigenvalue weighted by Gasteiger charge is 2.48. The normalized spacial score (nSPS) is 31.5. The summed E-state index contributed by atoms with van der Waals surface area (Å²) in [5.74, 6) is 0.689. The third-order valence-corrected chi connectivity index (χ3v) is 4.83. The van der Waals surface area contributed by atoms with Gasteiger partial charge in [-0.2, -0.15) is 0 Å². The van der Waals surface area contributed by atoms with Crippen molar-refractivity contribution in [1.82, 2.24) is 10.7 Å². The smallest absolute Gasteiger partial charge is 0.189 e. The van der Waals surface area contributed by atoms with Gasteiger partial charge in [0.2, 0.25) is 0 Å². The summed E-state index contributed by atoms with van der Waals surface area (Å²) in [6.45, 7) is 9.14. The maximum atomic E-state index is 5.57. The van der Waals surface area contributed by atoms with Crippen LogP contribution < -0.4 is 15.8 Å². The van der Waals surface area contributed by atoms with Gasteiger partial charge >= 0.3 is 0 Å². The topological polar surface area (TPSA) is 27.3 Å². The van der Waals surface area contributed by atoms with Crippen molar-refractivity contribution in [2.45, 2.75) is 52.6 Å². The first-order valence-electron chi connectivity index (χ1n) is 7.75. The molecule has 0 bridgehead atoms. The first-order chi connectivity index (χ1) is 9.79. The van der Waals surface area contributed by atoms with Crippen LogP contribution in [-0.4, -0.2) is 10.8 Å². The Kier molecular flexibility index (Phi) is 3.49. The van der Waals surface area contributed by atoms with E-state index in [0.717, 1.165) is 23.6 Å². The summed E-state index contributed by atoms with van der Waals surface area (Å²) in [7, 11) is 0. The van der Waals surface area contributed by atoms with E-state index < -0.39 is 0 Å². The minimum absolute atomic E-state index is 0.0941. The van der Waals surface area contributed by atoms with Crippen LogP contribution in [0.25, 0.3) is 0 Å². The van der Waals surface area contributed by atoms with Crippen molar-refractivity contribution in [2.75, 3.05) is 5.01 Å². The molecule has 1 aliphatic heterocycles. The summed E-state index contributed by atoms with van der Waals surface area (Å²) >= 11 is 5.57. The first kappa shape index (κ1) is 14.8. The zero-order chi connectivity index (χ0) is 15.3. The fourth-order valence-corrected chi connectivity index (χ4v) is 4.53. The molecule has 1 aliphatic carbocycles. The van der Waals surface area contributed by atoms with E-state index in [-0.39, 0.29) is 5.66 Å². The number of rotatable bonds is 1. The Bertz CT molecular complexity index is 552. The zero-order valence-electron chi connectivity index (χ0n) is 13.4. The van der Waals surface area contributed by atoms with Crippen LogP contribution in [-0.2, 0) is 0 Å². The van der Waals surface area contributed by atoms with Crippen molar-refractivity contribution < 1.29 is 0 Å². The summed E-state index contributed by atoms with van der Waals surface area (Å²) in [4.78, 5) is 0. The maximum Gasteiger partial charge on any atom is 0.189 e. The van der Waals surface area contributed by atoms with E-state index in [1.54, 1.807) is 0 Å². The van der Waals surface area contributed by atoms with Crippen molar-refractivity contribution in [3.05, 3.63) is 29.8 Å². The number of aryl methyl sites for hydroxylation is 1. The number of nitrogens with zero attached hydrogens (tertiary/aromatic N) is 1. The number of hydrogen-bond acceptors (Lipinski definition) is 2. The third kappa shape index (κ3) is 2.92. The lowest BCUT2D eigenvalue weighted by atomic mass is 9.68. The molecule has 21 heavy (non-hydrogen) atoms. The van der Waals surface area contributed by atoms with E-state index in [0.29, 0.717) is 11.3 Å². The molecule has 1 aromatic rings. The summed E-state index contributed by atoms with van der Waals surface area (Å²) in [5.41, 5.74) is 6.26. The van der Waals surface area contributed by atoms with E-state index >= 15 is 0 Å². The molecule has 0 radical (unpaired) electrons. The molecule has 1 aromatic carbocycles. The van der Waals surface area contributed by atoms with E-state index in [4.69, 9.17) is 12.2 Å². The average Bonchev–Trinajstić information content (AvgIpc) is 2.63. The molecule has 2 fully saturated rings. The van der Waals surface area contributed by atoms with Crippen LogP contribution in [0.15, 0.2) is 24.3 Å². The van der Waals surface area contributed by atoms with Crippen LogP contribution in [0.2, 0.25) is 0 Å². The molecule has 0 aromatic heterocycles. The van der Waals surface area contributed by atoms with Crippen LogP contribution in [0, 0.1) is 18.3 Å². The monoisotopic (exact) mass is 303 g/mol. The maximum absolute atomic E-state index is 5.57. The Morgan fingerprint density at radius 2 is 1.86 bits per heavy atom. The summed E-state index contributed by atoms with van der Waals surface area (Å²) < 4.78 is 0. The summed E-state index contributed by atoms with van der Waals surface area (Å²) in [5, 5.41) is 6.38. The van der Waals surface area contributed by atoms with Gasteiger partial charge in [0, 0.05) is 0 Å². The quantitative estimate of drug-likeness (QED) is 0.773. The molecule has 114 valence electrons. The summed E-state index contributed by atoms with van der Waals surface area (Å²) in [6, 6.07) is 8.48. The van der Waals surface area contributed by atoms with E-state index in [1.807, 2.05) is 5.01 Å². The number of benzene rings is 1. The second-order valence-electron chi connectivity index (χ2n) is 7.65. The Morgan fingerprint density at radius 1 is 1.19 bits per heavy atom. The Hall–Kier alpha value is -1.13. The third-order valence-electron chi connectivity index (χ3n) is 4.55. The predicted molar refractivity (Wildman–Crippen MR) is 92.1 cm³/mol. The number of hydrazine groups is 1. The highest BCUT2D eigenvalue weighted by atomic mass is 32.1. The Morgan fingerprint density at radius 3 is 2.48 bits per heavy atom. The van der Waals surface area contributed by atoms with E-state index in [1.165, 1.54) is 12.0 Å². The zero-order valence-corrected chi connectivity index (χ0v) is 14.2. The molecule has 1 spiro atoms. The standard InChI is InChI=1S/C17H25N3S/c1-12-5-7-14(8-6-12)20-15(21)18-17(19-20)10-13(2)9-16(3,4)11-17/h5-8,13,19H,9-11H2,1-4H3,(H,18,21)/t13-,17-/m1/s1. The Labute approximate surface area is 133 Å². The van der Waals surface area contributed by atoms with Crippen molar-refractivity contribution in [1.29, 1.82) is 0 Å². The fraction of sp³-hybridized carbons (Fsp3) is 0.588. The molecule has 3 rings (SSSR count). The van der Waals surface area contributed by atoms with Gasteiger partial charge in [0.1, 0.15) is 5.66 Å². The highest BCUT2D eigenvalue weighted by molar-refractivity contribution is 7.80. The lowest BCUT2D eigenvalue weighted by Crippen LogP contribution is -2.57. The van der Waals surface area contributed by atoms with Gasteiger partial charge < -0.3 is 5.32 Å². The lowest BCUT2D eigenvalue weighted by Gasteiger charge is -2.45. The van der Waals surface area contributed by atoms with Gasteiger partial charge in [0.25, 0.3) is 0 Å². The molecule has 4 heteroatoms. The van der Waals surface area contributed by atoms with Gasteiger partial charge in [-0.15, -0.1) is 0 Å². The molecular weight excluding hydrogens is 278 g/mol. The molecule has 1 saturated heterocycles. The van der Waals surface area contributed by atoms with Gasteiger partial charge in [0.05, 0.1) is 5.69 Å². The Balaban J connectivity index is 1.85. The highest BCUT2D eigenvalue weighted by Crippen LogP contribution is 2.44. The minimum atomic E-state index is -0.0941. The number of anilines is 1. The fourth-order valence-electron chi connectivity index (χ4n) is 4.18. The van der Waals surface area contributed by atoms with Crippen molar-refractivity contribution >= 4 is 23.0 Å². The molecule has 0 amide bonds. The molecule has 1 heterocycles. The minimum Gasteiger partial charge on any atom is -0.342 e. The lowest BCUT2D eigenvalue weighted by molar-refractivity contribution is 0.0828. The van der Waals surface area contributed by atoms with Gasteiger partial charge in [-0.25, -0.2) is 5.43 Å². The molecule has 0 unspecified atom stereocenters. The van der Waals surface area contributed by atoms with Crippen molar-refractivity contribution in [3.63, 3.8) is 0 Å². The molecule has 3 nitrogen and oxygen atoms in total. The number of hydrogen-bond donors (Lipinski definition) is 2. The number of nitrogens with one attached hydrogen (secondary N) is 2. The van der Waals surface area contributed by atoms with Gasteiger partial charge in [-0.3, -0.25) is 5.01 Å². The van der Waals surface area contributed by atoms with Crippen molar-refractivity contribution in [2.24, 2.45) is 11.3 Å². The predicted octanol–water partition coefficient (Wildman–Crippen LogP) is 3.74. The molecule has 2 atom stereocenters. The van der Waals surface area contributed by atoms with Crippen molar-refractivity contribution in [3.8, 4) is 0 Å². The molecule has 2 N–H and O–H groups in total. The van der Waals surface area contributed by atoms with Crippen LogP contribution >= 0.6 is 12.2 Å². The van der Waals surface area contributed by atoms with Crippen LogP contribution in [0.1, 0.15) is 45.6 Å². The SMILES string of the molecule is Cc1ccc(N2N[C@@]3(C[C@H](C)CC(C)(C)C3)NC2=S)cc1. The molecular formula is C17H25N3S. The van der Waals surface area contributed by atoms with Gasteiger partial charge in [-0.1, -0.05) is 38.5 Å². The van der Waals surface area contributed by atoms with E-state index in [2.05, 4.69) is 62.7 Å². The van der Waals surface area contributed by atoms with Gasteiger partial charge in [-0.05, 0) is 61.9 Å². The van der Waals surface area contributed by atoms with Crippen LogP contribution in [0.3, 0.4) is 0 Å². The van der Waals surface area contributed by atoms with Crippen LogP contribution in [0.4, 0.5) is 5.69 Å². The first-order valence-corrected chi connectivity index (χ1v) is 8.16. The van der Waals surface area contributed by atoms with E-state index in [9.17, 15) is 0 Å². The van der Waals surface area contributed by atoms with Gasteiger partial charge in [0.15, 0.2) is 5.11 Å². The second kappa shape index (κ2) is 4.96. The summed E-state index contributed by atoms with van der Waals surface area (Å²) in [6.07, 6.45) is 3.47. The molecule has 2 aliphatic rings. The molecule has 1 saturated carbocycles. The second-order valence-corrected chi connectivity index (χ2v) is 8.04. The van der Waals surface area contributed by atoms with Crippen LogP contribution in [0.5, 0.6) is 0 Å².